The summed E-state index contributed by atoms with van der Waals surface area (Å²) in [5.74, 6) is -1.04. The molecule has 5 heteroatoms. The molecular formula is C15H17NO4. The van der Waals surface area contributed by atoms with Crippen LogP contribution in [0.5, 0.6) is 0 Å². The Bertz CT molecular complexity index is 538. The molecule has 106 valence electrons. The van der Waals surface area contributed by atoms with Gasteiger partial charge in [-0.15, -0.1) is 0 Å². The zero-order valence-corrected chi connectivity index (χ0v) is 11.1. The van der Waals surface area contributed by atoms with Crippen molar-refractivity contribution in [2.24, 2.45) is 0 Å². The molecule has 0 spiro atoms. The zero-order chi connectivity index (χ0) is 14.1. The molecule has 5 nitrogen and oxygen atoms in total. The number of ether oxygens (including phenoxy) is 1. The second-order valence-corrected chi connectivity index (χ2v) is 5.31. The van der Waals surface area contributed by atoms with Crippen LogP contribution in [0.2, 0.25) is 0 Å². The van der Waals surface area contributed by atoms with Crippen LogP contribution in [0.25, 0.3) is 0 Å². The molecule has 1 aromatic carbocycles. The summed E-state index contributed by atoms with van der Waals surface area (Å²) < 4.78 is 5.78. The average Bonchev–Trinajstić information content (AvgIpc) is 2.75. The van der Waals surface area contributed by atoms with Crippen LogP contribution in [0, 0.1) is 0 Å². The van der Waals surface area contributed by atoms with Gasteiger partial charge in [0.05, 0.1) is 11.7 Å². The number of carboxylic acid groups (broad SMARTS) is 1. The quantitative estimate of drug-likeness (QED) is 0.913. The first-order valence-electron chi connectivity index (χ1n) is 6.95. The fraction of sp³-hybridized carbons (Fsp3) is 0.467. The fourth-order valence-corrected chi connectivity index (χ4v) is 2.58. The second kappa shape index (κ2) is 5.25. The van der Waals surface area contributed by atoms with E-state index in [9.17, 15) is 9.59 Å². The Kier molecular flexibility index (Phi) is 3.44. The molecule has 1 N–H and O–H groups in total. The minimum absolute atomic E-state index is 0.0561. The van der Waals surface area contributed by atoms with Crippen molar-refractivity contribution >= 4 is 17.6 Å². The molecule has 1 aromatic rings. The normalized spacial score (nSPS) is 22.9. The molecule has 1 aliphatic carbocycles. The summed E-state index contributed by atoms with van der Waals surface area (Å²) in [5.41, 5.74) is 0.827. The van der Waals surface area contributed by atoms with E-state index in [-0.39, 0.29) is 23.7 Å². The third kappa shape index (κ3) is 2.41. The lowest BCUT2D eigenvalue weighted by atomic mass is 9.96. The van der Waals surface area contributed by atoms with E-state index in [1.165, 1.54) is 18.6 Å². The predicted octanol–water partition coefficient (Wildman–Crippen LogP) is 2.06. The molecule has 1 heterocycles. The van der Waals surface area contributed by atoms with Crippen molar-refractivity contribution in [1.29, 1.82) is 0 Å². The van der Waals surface area contributed by atoms with Crippen molar-refractivity contribution in [2.45, 2.75) is 37.9 Å². The minimum Gasteiger partial charge on any atom is -0.478 e. The molecule has 20 heavy (non-hydrogen) atoms. The number of hydrogen-bond acceptors (Lipinski definition) is 3. The highest BCUT2D eigenvalue weighted by molar-refractivity contribution is 6.00. The predicted molar refractivity (Wildman–Crippen MR) is 72.9 cm³/mol. The topological polar surface area (TPSA) is 66.8 Å². The average molecular weight is 275 g/mol. The maximum Gasteiger partial charge on any atom is 0.335 e. The molecule has 1 unspecified atom stereocenters. The first-order valence-corrected chi connectivity index (χ1v) is 6.95. The molecule has 0 radical (unpaired) electrons. The molecule has 2 aliphatic rings. The molecule has 1 saturated heterocycles. The molecule has 2 fully saturated rings. The van der Waals surface area contributed by atoms with Crippen LogP contribution in [0.1, 0.15) is 36.0 Å². The van der Waals surface area contributed by atoms with Gasteiger partial charge in [-0.1, -0.05) is 6.07 Å². The van der Waals surface area contributed by atoms with Gasteiger partial charge in [-0.2, -0.15) is 0 Å². The van der Waals surface area contributed by atoms with Gasteiger partial charge in [-0.05, 0) is 37.5 Å². The molecule has 3 rings (SSSR count). The third-order valence-electron chi connectivity index (χ3n) is 3.97. The van der Waals surface area contributed by atoms with Crippen molar-refractivity contribution in [3.63, 3.8) is 0 Å². The van der Waals surface area contributed by atoms with Crippen molar-refractivity contribution in [3.05, 3.63) is 29.8 Å². The molecule has 1 aliphatic heterocycles. The van der Waals surface area contributed by atoms with E-state index in [1.807, 2.05) is 0 Å². The number of rotatable bonds is 4. The first-order chi connectivity index (χ1) is 9.65. The molecular weight excluding hydrogens is 258 g/mol. The summed E-state index contributed by atoms with van der Waals surface area (Å²) in [7, 11) is 0. The van der Waals surface area contributed by atoms with Crippen molar-refractivity contribution in [3.8, 4) is 0 Å². The largest absolute Gasteiger partial charge is 0.478 e. The Labute approximate surface area is 117 Å². The highest BCUT2D eigenvalue weighted by atomic mass is 16.5. The Hall–Kier alpha value is -1.88. The maximum atomic E-state index is 12.3. The van der Waals surface area contributed by atoms with E-state index in [1.54, 1.807) is 17.0 Å². The van der Waals surface area contributed by atoms with Crippen LogP contribution in [0.15, 0.2) is 24.3 Å². The first kappa shape index (κ1) is 13.1. The van der Waals surface area contributed by atoms with E-state index in [2.05, 4.69) is 0 Å². The summed E-state index contributed by atoms with van der Waals surface area (Å²) in [4.78, 5) is 24.9. The van der Waals surface area contributed by atoms with Crippen LogP contribution in [0.3, 0.4) is 0 Å². The lowest BCUT2D eigenvalue weighted by molar-refractivity contribution is -0.133. The van der Waals surface area contributed by atoms with Gasteiger partial charge in [0, 0.05) is 18.7 Å². The SMILES string of the molecule is O=C(O)c1cccc(N2CCC(OC3CCC3)C2=O)c1. The van der Waals surface area contributed by atoms with Crippen molar-refractivity contribution < 1.29 is 19.4 Å². The number of hydrogen-bond donors (Lipinski definition) is 1. The zero-order valence-electron chi connectivity index (χ0n) is 11.1. The lowest BCUT2D eigenvalue weighted by Gasteiger charge is -2.28. The summed E-state index contributed by atoms with van der Waals surface area (Å²) >= 11 is 0. The summed E-state index contributed by atoms with van der Waals surface area (Å²) in [6, 6.07) is 6.48. The smallest absolute Gasteiger partial charge is 0.335 e. The highest BCUT2D eigenvalue weighted by Gasteiger charge is 2.36. The highest BCUT2D eigenvalue weighted by Crippen LogP contribution is 2.29. The van der Waals surface area contributed by atoms with Gasteiger partial charge in [-0.25, -0.2) is 4.79 Å². The van der Waals surface area contributed by atoms with Gasteiger partial charge in [0.25, 0.3) is 5.91 Å². The van der Waals surface area contributed by atoms with Gasteiger partial charge in [0.1, 0.15) is 6.10 Å². The molecule has 0 aromatic heterocycles. The number of nitrogens with zero attached hydrogens (tertiary/aromatic N) is 1. The number of anilines is 1. The van der Waals surface area contributed by atoms with Crippen LogP contribution in [0.4, 0.5) is 5.69 Å². The van der Waals surface area contributed by atoms with Crippen molar-refractivity contribution in [2.75, 3.05) is 11.4 Å². The summed E-state index contributed by atoms with van der Waals surface area (Å²) in [6.45, 7) is 0.583. The summed E-state index contributed by atoms with van der Waals surface area (Å²) in [6.07, 6.45) is 3.79. The van der Waals surface area contributed by atoms with Crippen LogP contribution >= 0.6 is 0 Å². The van der Waals surface area contributed by atoms with Crippen LogP contribution < -0.4 is 4.90 Å². The maximum absolute atomic E-state index is 12.3. The number of aromatic carboxylic acids is 1. The van der Waals surface area contributed by atoms with E-state index >= 15 is 0 Å². The van der Waals surface area contributed by atoms with Crippen molar-refractivity contribution in [1.82, 2.24) is 0 Å². The standard InChI is InChI=1S/C15H17NO4/c17-14-13(20-12-5-2-6-12)7-8-16(14)11-4-1-3-10(9-11)15(18)19/h1,3-4,9,12-13H,2,5-8H2,(H,18,19). The van der Waals surface area contributed by atoms with Gasteiger partial charge in [0.2, 0.25) is 0 Å². The van der Waals surface area contributed by atoms with Crippen LogP contribution in [-0.2, 0) is 9.53 Å². The van der Waals surface area contributed by atoms with E-state index in [4.69, 9.17) is 9.84 Å². The Morgan fingerprint density at radius 3 is 2.75 bits per heavy atom. The third-order valence-corrected chi connectivity index (χ3v) is 3.97. The van der Waals surface area contributed by atoms with E-state index in [0.29, 0.717) is 18.7 Å². The van der Waals surface area contributed by atoms with Gasteiger partial charge >= 0.3 is 5.97 Å². The van der Waals surface area contributed by atoms with Gasteiger partial charge < -0.3 is 14.7 Å². The molecule has 1 saturated carbocycles. The molecule has 1 atom stereocenters. The van der Waals surface area contributed by atoms with Crippen LogP contribution in [-0.4, -0.2) is 35.7 Å². The lowest BCUT2D eigenvalue weighted by Crippen LogP contribution is -2.35. The second-order valence-electron chi connectivity index (χ2n) is 5.31. The Balaban J connectivity index is 1.72. The van der Waals surface area contributed by atoms with E-state index < -0.39 is 5.97 Å². The number of carbonyl (C=O) groups is 2. The number of carbonyl (C=O) groups excluding carboxylic acids is 1. The number of amides is 1. The minimum atomic E-state index is -0.985. The Morgan fingerprint density at radius 1 is 1.30 bits per heavy atom. The number of benzene rings is 1. The van der Waals surface area contributed by atoms with E-state index in [0.717, 1.165) is 12.8 Å². The monoisotopic (exact) mass is 275 g/mol. The summed E-state index contributed by atoms with van der Waals surface area (Å²) in [5, 5.41) is 9.00. The van der Waals surface area contributed by atoms with Gasteiger partial charge in [0.15, 0.2) is 0 Å². The fourth-order valence-electron chi connectivity index (χ4n) is 2.58. The van der Waals surface area contributed by atoms with Gasteiger partial charge in [-0.3, -0.25) is 4.79 Å². The number of carboxylic acids is 1. The molecule has 0 bridgehead atoms. The molecule has 1 amide bonds. The Morgan fingerprint density at radius 2 is 2.10 bits per heavy atom.